The maximum atomic E-state index is 18.1. The van der Waals surface area contributed by atoms with Gasteiger partial charge in [-0.25, -0.2) is 13.8 Å². The molecule has 0 aliphatic carbocycles. The van der Waals surface area contributed by atoms with Gasteiger partial charge < -0.3 is 28.7 Å². The number of hydrogen-bond acceptors (Lipinski definition) is 12. The van der Waals surface area contributed by atoms with Gasteiger partial charge in [-0.3, -0.25) is 19.2 Å². The molecule has 69 heavy (non-hydrogen) atoms. The number of aromatic nitrogens is 4. The first kappa shape index (κ1) is 48.3. The van der Waals surface area contributed by atoms with Gasteiger partial charge in [0.1, 0.15) is 30.1 Å². The number of halogens is 6. The number of fused-ring (bicyclic) bond motifs is 3. The Kier molecular flexibility index (Phi) is 13.2. The van der Waals surface area contributed by atoms with E-state index >= 15 is 17.6 Å². The van der Waals surface area contributed by atoms with Crippen molar-refractivity contribution in [3.8, 4) is 17.5 Å². The number of ether oxygens (including phenoxy) is 4. The number of anilines is 4. The molecule has 0 saturated carbocycles. The van der Waals surface area contributed by atoms with Crippen LogP contribution in [0.2, 0.25) is 5.02 Å². The van der Waals surface area contributed by atoms with Crippen molar-refractivity contribution in [3.05, 3.63) is 104 Å². The van der Waals surface area contributed by atoms with Crippen LogP contribution in [0.25, 0.3) is 0 Å². The molecular formula is C49H54ClF5N8O6. The molecule has 20 heteroatoms. The summed E-state index contributed by atoms with van der Waals surface area (Å²) in [4.78, 5) is 33.5. The summed E-state index contributed by atoms with van der Waals surface area (Å²) in [6.07, 6.45) is -5.43. The first-order valence-corrected chi connectivity index (χ1v) is 23.2. The first-order chi connectivity index (χ1) is 32.9. The lowest BCUT2D eigenvalue weighted by Gasteiger charge is -2.34. The second-order valence-corrected chi connectivity index (χ2v) is 18.6. The van der Waals surface area contributed by atoms with Crippen LogP contribution in [-0.2, 0) is 41.9 Å². The quantitative estimate of drug-likeness (QED) is 0.0875. The molecule has 368 valence electrons. The highest BCUT2D eigenvalue weighted by atomic mass is 35.5. The lowest BCUT2D eigenvalue weighted by Crippen LogP contribution is -2.43. The van der Waals surface area contributed by atoms with Crippen molar-refractivity contribution < 1.29 is 50.5 Å². The molecule has 0 N–H and O–H groups in total. The predicted molar refractivity (Wildman–Crippen MR) is 247 cm³/mol. The van der Waals surface area contributed by atoms with Crippen LogP contribution in [0.15, 0.2) is 42.5 Å². The number of hydrogen-bond donors (Lipinski definition) is 0. The minimum absolute atomic E-state index is 0.00107. The Bertz CT molecular complexity index is 2740. The fraction of sp³-hybridized carbons (Fsp3) is 0.469. The smallest absolute Gasteiger partial charge is 0.417 e. The first-order valence-electron chi connectivity index (χ1n) is 22.8. The molecule has 1 unspecified atom stereocenters. The SMILES string of the molecule is COc1ccc(C)cc1N(c1cc(C)ccc1OC)c1cc(C)c(C(F)(F)F)c(C2Cc3nc(OC[C@@]45CCCN4C[C@H](F)C5)nc(N4CCCn5nc(C(=O)N(C)OC)c(Cl)c5C4)c3CO2)c1F. The Hall–Kier alpha value is -5.76. The van der Waals surface area contributed by atoms with Gasteiger partial charge in [-0.15, -0.1) is 0 Å². The minimum Gasteiger partial charge on any atom is -0.495 e. The highest BCUT2D eigenvalue weighted by Gasteiger charge is 2.50. The van der Waals surface area contributed by atoms with E-state index in [1.54, 1.807) is 28.9 Å². The van der Waals surface area contributed by atoms with Crippen molar-refractivity contribution in [2.75, 3.05) is 64.4 Å². The Balaban J connectivity index is 1.17. The Morgan fingerprint density at radius 2 is 1.65 bits per heavy atom. The standard InChI is InChI=1S/C49H54ClF5N8O6/c1-27-10-12-37(65-5)33(18-27)63(34-19-28(2)11-13-38(34)66-6)35-20-29(3)41(49(53,54)55)40(43(35)52)39-21-32-31(25-68-39)45(57-47(56-32)69-26-48-14-8-16-61(48)23-30(51)22-48)60-15-9-17-62-36(24-60)42(50)44(58-62)46(64)59(4)67-7/h10-13,18-20,30,39H,8-9,14-17,21-26H2,1-7H3/t30-,39?,48+/m1/s1. The van der Waals surface area contributed by atoms with Gasteiger partial charge in [0.2, 0.25) is 0 Å². The molecule has 3 atom stereocenters. The van der Waals surface area contributed by atoms with Gasteiger partial charge in [0.25, 0.3) is 5.91 Å². The summed E-state index contributed by atoms with van der Waals surface area (Å²) in [6.45, 7) is 6.74. The van der Waals surface area contributed by atoms with Crippen LogP contribution in [0.1, 0.15) is 87.0 Å². The summed E-state index contributed by atoms with van der Waals surface area (Å²) < 4.78 is 106. The number of carbonyl (C=O) groups excluding carboxylic acids is 1. The van der Waals surface area contributed by atoms with E-state index in [4.69, 9.17) is 45.4 Å². The van der Waals surface area contributed by atoms with Crippen molar-refractivity contribution in [1.29, 1.82) is 0 Å². The highest BCUT2D eigenvalue weighted by molar-refractivity contribution is 6.34. The number of benzene rings is 3. The average molecular weight is 981 g/mol. The third kappa shape index (κ3) is 8.91. The molecular weight excluding hydrogens is 927 g/mol. The van der Waals surface area contributed by atoms with Crippen molar-refractivity contribution in [1.82, 2.24) is 29.7 Å². The Labute approximate surface area is 401 Å². The van der Waals surface area contributed by atoms with Crippen molar-refractivity contribution >= 4 is 40.4 Å². The van der Waals surface area contributed by atoms with E-state index in [9.17, 15) is 9.18 Å². The van der Waals surface area contributed by atoms with E-state index in [1.807, 2.05) is 30.9 Å². The van der Waals surface area contributed by atoms with Crippen LogP contribution in [0.4, 0.5) is 44.8 Å². The number of amides is 1. The van der Waals surface area contributed by atoms with Crippen LogP contribution < -0.4 is 24.0 Å². The van der Waals surface area contributed by atoms with Crippen LogP contribution in [0.5, 0.6) is 17.5 Å². The monoisotopic (exact) mass is 980 g/mol. The van der Waals surface area contributed by atoms with Crippen LogP contribution >= 0.6 is 11.6 Å². The second kappa shape index (κ2) is 18.9. The van der Waals surface area contributed by atoms with Crippen LogP contribution in [-0.4, -0.2) is 102 Å². The Morgan fingerprint density at radius 3 is 2.30 bits per heavy atom. The maximum Gasteiger partial charge on any atom is 0.417 e. The summed E-state index contributed by atoms with van der Waals surface area (Å²) in [5.74, 6) is -0.671. The average Bonchev–Trinajstić information content (AvgIpc) is 3.89. The molecule has 0 bridgehead atoms. The van der Waals surface area contributed by atoms with E-state index in [-0.39, 0.29) is 66.3 Å². The third-order valence-corrected chi connectivity index (χ3v) is 14.2. The molecule has 2 fully saturated rings. The zero-order valence-electron chi connectivity index (χ0n) is 39.5. The lowest BCUT2D eigenvalue weighted by molar-refractivity contribution is -0.140. The van der Waals surface area contributed by atoms with E-state index in [0.717, 1.165) is 29.2 Å². The van der Waals surface area contributed by atoms with Gasteiger partial charge in [0, 0.05) is 50.7 Å². The summed E-state index contributed by atoms with van der Waals surface area (Å²) in [7, 11) is 5.72. The number of rotatable bonds is 12. The fourth-order valence-corrected chi connectivity index (χ4v) is 10.7. The molecule has 5 aromatic rings. The van der Waals surface area contributed by atoms with Crippen molar-refractivity contribution in [3.63, 3.8) is 0 Å². The summed E-state index contributed by atoms with van der Waals surface area (Å²) in [6, 6.07) is 11.7. The van der Waals surface area contributed by atoms with E-state index in [2.05, 4.69) is 10.00 Å². The predicted octanol–water partition coefficient (Wildman–Crippen LogP) is 9.71. The van der Waals surface area contributed by atoms with Crippen molar-refractivity contribution in [2.45, 2.75) is 96.6 Å². The Morgan fingerprint density at radius 1 is 0.957 bits per heavy atom. The number of alkyl halides is 4. The topological polar surface area (TPSA) is 120 Å². The molecule has 4 aliphatic heterocycles. The third-order valence-electron chi connectivity index (χ3n) is 13.8. The number of methoxy groups -OCH3 is 2. The molecule has 9 rings (SSSR count). The molecule has 0 radical (unpaired) electrons. The largest absolute Gasteiger partial charge is 0.495 e. The molecule has 0 spiro atoms. The summed E-state index contributed by atoms with van der Waals surface area (Å²) in [5.41, 5.74) is 0.702. The van der Waals surface area contributed by atoms with Gasteiger partial charge in [0.15, 0.2) is 11.5 Å². The molecule has 2 saturated heterocycles. The molecule has 4 aliphatic rings. The highest BCUT2D eigenvalue weighted by Crippen LogP contribution is 2.51. The molecule has 2 aromatic heterocycles. The van der Waals surface area contributed by atoms with Gasteiger partial charge in [-0.1, -0.05) is 23.7 Å². The zero-order chi connectivity index (χ0) is 49.1. The number of nitrogens with zero attached hydrogens (tertiary/aromatic N) is 8. The second-order valence-electron chi connectivity index (χ2n) is 18.2. The molecule has 3 aromatic carbocycles. The van der Waals surface area contributed by atoms with Crippen molar-refractivity contribution in [2.24, 2.45) is 0 Å². The number of hydroxylamine groups is 2. The van der Waals surface area contributed by atoms with Gasteiger partial charge >= 0.3 is 12.2 Å². The minimum atomic E-state index is -5.00. The molecule has 14 nitrogen and oxygen atoms in total. The summed E-state index contributed by atoms with van der Waals surface area (Å²) >= 11 is 6.88. The molecule has 6 heterocycles. The normalized spacial score (nSPS) is 20.3. The van der Waals surface area contributed by atoms with Crippen LogP contribution in [0, 0.1) is 26.6 Å². The lowest BCUT2D eigenvalue weighted by atomic mass is 9.90. The number of carbonyl (C=O) groups is 1. The van der Waals surface area contributed by atoms with E-state index < -0.39 is 46.8 Å². The van der Waals surface area contributed by atoms with Gasteiger partial charge in [0.05, 0.1) is 85.2 Å². The van der Waals surface area contributed by atoms with Gasteiger partial charge in [-0.05, 0) is 93.6 Å². The zero-order valence-corrected chi connectivity index (χ0v) is 40.2. The van der Waals surface area contributed by atoms with E-state index in [1.165, 1.54) is 46.3 Å². The van der Waals surface area contributed by atoms with E-state index in [0.29, 0.717) is 72.4 Å². The maximum absolute atomic E-state index is 18.1. The van der Waals surface area contributed by atoms with Gasteiger partial charge in [-0.2, -0.15) is 28.2 Å². The van der Waals surface area contributed by atoms with Crippen LogP contribution in [0.3, 0.4) is 0 Å². The molecule has 1 amide bonds. The summed E-state index contributed by atoms with van der Waals surface area (Å²) in [5, 5.41) is 5.66. The number of aryl methyl sites for hydroxylation is 4. The fourth-order valence-electron chi connectivity index (χ4n) is 10.4.